The molecule has 6 heteroatoms. The van der Waals surface area contributed by atoms with Crippen molar-refractivity contribution in [1.29, 1.82) is 5.41 Å². The Labute approximate surface area is 237 Å². The fourth-order valence-corrected chi connectivity index (χ4v) is 5.20. The molecule has 0 fully saturated rings. The molecule has 1 atom stereocenters. The highest BCUT2D eigenvalue weighted by atomic mass is 16.2. The van der Waals surface area contributed by atoms with Gasteiger partial charge in [-0.2, -0.15) is 0 Å². The molecule has 38 heavy (non-hydrogen) atoms. The minimum absolute atomic E-state index is 0.00988. The molecular formula is C32H67N5O. The van der Waals surface area contributed by atoms with Crippen molar-refractivity contribution in [3.05, 3.63) is 0 Å². The van der Waals surface area contributed by atoms with E-state index in [4.69, 9.17) is 11.1 Å². The highest BCUT2D eigenvalue weighted by molar-refractivity contribution is 5.81. The van der Waals surface area contributed by atoms with Gasteiger partial charge < -0.3 is 16.4 Å². The summed E-state index contributed by atoms with van der Waals surface area (Å²) >= 11 is 0. The Morgan fingerprint density at radius 2 is 1.00 bits per heavy atom. The van der Waals surface area contributed by atoms with E-state index in [1.54, 1.807) is 0 Å². The molecule has 6 nitrogen and oxygen atoms in total. The van der Waals surface area contributed by atoms with Crippen LogP contribution < -0.4 is 16.4 Å². The third kappa shape index (κ3) is 23.8. The molecule has 0 spiro atoms. The molecule has 0 radical (unpaired) electrons. The number of nitrogens with one attached hydrogen (secondary N) is 3. The summed E-state index contributed by atoms with van der Waals surface area (Å²) in [5.74, 6) is 0.210. The van der Waals surface area contributed by atoms with Crippen LogP contribution in [0.2, 0.25) is 0 Å². The lowest BCUT2D eigenvalue weighted by molar-refractivity contribution is -0.126. The van der Waals surface area contributed by atoms with Crippen LogP contribution in [0.25, 0.3) is 0 Å². The van der Waals surface area contributed by atoms with Crippen LogP contribution in [0.3, 0.4) is 0 Å². The van der Waals surface area contributed by atoms with Crippen molar-refractivity contribution in [3.8, 4) is 0 Å². The fraction of sp³-hybridized carbons (Fsp3) is 0.938. The van der Waals surface area contributed by atoms with Gasteiger partial charge in [0.15, 0.2) is 5.96 Å². The first-order chi connectivity index (χ1) is 18.6. The lowest BCUT2D eigenvalue weighted by Crippen LogP contribution is -2.48. The van der Waals surface area contributed by atoms with E-state index in [9.17, 15) is 4.79 Å². The molecule has 0 rings (SSSR count). The summed E-state index contributed by atoms with van der Waals surface area (Å²) in [6, 6.07) is -0.0794. The topological polar surface area (TPSA) is 94.2 Å². The smallest absolute Gasteiger partial charge is 0.237 e. The monoisotopic (exact) mass is 538 g/mol. The van der Waals surface area contributed by atoms with Gasteiger partial charge in [-0.3, -0.25) is 15.1 Å². The van der Waals surface area contributed by atoms with Crippen molar-refractivity contribution < 1.29 is 4.79 Å². The maximum Gasteiger partial charge on any atom is 0.237 e. The van der Waals surface area contributed by atoms with Gasteiger partial charge in [-0.15, -0.1) is 0 Å². The van der Waals surface area contributed by atoms with E-state index in [0.717, 1.165) is 38.9 Å². The molecule has 5 N–H and O–H groups in total. The van der Waals surface area contributed by atoms with Crippen LogP contribution in [0.4, 0.5) is 0 Å². The van der Waals surface area contributed by atoms with E-state index in [0.29, 0.717) is 6.54 Å². The van der Waals surface area contributed by atoms with Gasteiger partial charge in [-0.1, -0.05) is 130 Å². The molecule has 1 amide bonds. The number of rotatable bonds is 29. The molecule has 226 valence electrons. The first-order valence-corrected chi connectivity index (χ1v) is 16.7. The van der Waals surface area contributed by atoms with E-state index in [2.05, 4.69) is 36.3 Å². The van der Waals surface area contributed by atoms with Crippen LogP contribution in [0.15, 0.2) is 0 Å². The number of nitrogens with zero attached hydrogens (tertiary/aromatic N) is 1. The molecule has 1 unspecified atom stereocenters. The van der Waals surface area contributed by atoms with Crippen molar-refractivity contribution in [2.24, 2.45) is 5.73 Å². The molecular weight excluding hydrogens is 470 g/mol. The van der Waals surface area contributed by atoms with Crippen LogP contribution in [0.1, 0.15) is 162 Å². The molecule has 0 aliphatic rings. The predicted molar refractivity (Wildman–Crippen MR) is 167 cm³/mol. The second-order valence-electron chi connectivity index (χ2n) is 11.3. The summed E-state index contributed by atoms with van der Waals surface area (Å²) in [4.78, 5) is 15.9. The first kappa shape index (κ1) is 36.7. The number of hydrogen-bond donors (Lipinski definition) is 4. The second-order valence-corrected chi connectivity index (χ2v) is 11.3. The Balaban J connectivity index is 4.70. The van der Waals surface area contributed by atoms with Crippen molar-refractivity contribution >= 4 is 11.9 Å². The summed E-state index contributed by atoms with van der Waals surface area (Å²) in [5.41, 5.74) is 5.47. The number of carbonyl (C=O) groups is 1. The summed E-state index contributed by atoms with van der Waals surface area (Å²) < 4.78 is 0. The second kappa shape index (κ2) is 28.7. The number of hydrogen-bond acceptors (Lipinski definition) is 3. The van der Waals surface area contributed by atoms with Crippen LogP contribution in [0.5, 0.6) is 0 Å². The number of carbonyl (C=O) groups excluding carboxylic acids is 1. The van der Waals surface area contributed by atoms with Gasteiger partial charge in [0.05, 0.1) is 6.04 Å². The van der Waals surface area contributed by atoms with Crippen molar-refractivity contribution in [3.63, 3.8) is 0 Å². The van der Waals surface area contributed by atoms with E-state index in [1.165, 1.54) is 122 Å². The van der Waals surface area contributed by atoms with E-state index >= 15 is 0 Å². The van der Waals surface area contributed by atoms with E-state index in [-0.39, 0.29) is 17.9 Å². The SMILES string of the molecule is CCCCCCCCCCCCNC(=O)C(CCCNC(=N)N)N(CCCCCCC)CCCCCCC. The average Bonchev–Trinajstić information content (AvgIpc) is 2.90. The van der Waals surface area contributed by atoms with Gasteiger partial charge in [-0.25, -0.2) is 0 Å². The molecule has 0 saturated carbocycles. The van der Waals surface area contributed by atoms with E-state index in [1.807, 2.05) is 0 Å². The third-order valence-corrected chi connectivity index (χ3v) is 7.64. The third-order valence-electron chi connectivity index (χ3n) is 7.64. The number of nitrogens with two attached hydrogens (primary N) is 1. The Kier molecular flexibility index (Phi) is 27.7. The standard InChI is InChI=1S/C32H67N5O/c1-4-7-10-13-14-15-16-17-18-21-26-35-31(38)30(25-24-27-36-32(33)34)37(28-22-19-11-8-5-2)29-23-20-12-9-6-3/h30H,4-29H2,1-3H3,(H,35,38)(H4,33,34,36). The molecule has 0 aromatic rings. The van der Waals surface area contributed by atoms with Crippen LogP contribution >= 0.6 is 0 Å². The predicted octanol–water partition coefficient (Wildman–Crippen LogP) is 7.90. The van der Waals surface area contributed by atoms with E-state index < -0.39 is 0 Å². The minimum Gasteiger partial charge on any atom is -0.370 e. The Hall–Kier alpha value is -1.30. The zero-order valence-corrected chi connectivity index (χ0v) is 25.9. The van der Waals surface area contributed by atoms with Crippen molar-refractivity contribution in [2.45, 2.75) is 168 Å². The quantitative estimate of drug-likeness (QED) is 0.0443. The summed E-state index contributed by atoms with van der Waals surface area (Å²) in [6.45, 7) is 10.2. The summed E-state index contributed by atoms with van der Waals surface area (Å²) in [7, 11) is 0. The molecule has 0 aliphatic heterocycles. The van der Waals surface area contributed by atoms with Gasteiger partial charge in [0.2, 0.25) is 5.91 Å². The van der Waals surface area contributed by atoms with Gasteiger partial charge in [-0.05, 0) is 45.2 Å². The Morgan fingerprint density at radius 1 is 0.605 bits per heavy atom. The average molecular weight is 538 g/mol. The molecule has 0 aromatic heterocycles. The van der Waals surface area contributed by atoms with Gasteiger partial charge >= 0.3 is 0 Å². The Bertz CT molecular complexity index is 514. The first-order valence-electron chi connectivity index (χ1n) is 16.7. The van der Waals surface area contributed by atoms with Crippen LogP contribution in [-0.4, -0.2) is 49.0 Å². The van der Waals surface area contributed by atoms with Crippen molar-refractivity contribution in [2.75, 3.05) is 26.2 Å². The van der Waals surface area contributed by atoms with Crippen LogP contribution in [-0.2, 0) is 4.79 Å². The molecule has 0 aromatic carbocycles. The molecule has 0 saturated heterocycles. The molecule has 0 bridgehead atoms. The van der Waals surface area contributed by atoms with Crippen molar-refractivity contribution in [1.82, 2.24) is 15.5 Å². The number of guanidine groups is 1. The number of unbranched alkanes of at least 4 members (excludes halogenated alkanes) is 17. The largest absolute Gasteiger partial charge is 0.370 e. The fourth-order valence-electron chi connectivity index (χ4n) is 5.20. The van der Waals surface area contributed by atoms with Gasteiger partial charge in [0.25, 0.3) is 0 Å². The highest BCUT2D eigenvalue weighted by Crippen LogP contribution is 2.15. The van der Waals surface area contributed by atoms with Crippen LogP contribution in [0, 0.1) is 5.41 Å². The minimum atomic E-state index is -0.0794. The molecule has 0 aliphatic carbocycles. The lowest BCUT2D eigenvalue weighted by atomic mass is 10.0. The lowest BCUT2D eigenvalue weighted by Gasteiger charge is -2.31. The zero-order valence-electron chi connectivity index (χ0n) is 25.9. The zero-order chi connectivity index (χ0) is 28.1. The summed E-state index contributed by atoms with van der Waals surface area (Å²) in [5, 5.41) is 13.6. The molecule has 0 heterocycles. The Morgan fingerprint density at radius 3 is 1.45 bits per heavy atom. The maximum atomic E-state index is 13.4. The van der Waals surface area contributed by atoms with Gasteiger partial charge in [0, 0.05) is 13.1 Å². The number of amides is 1. The normalized spacial score (nSPS) is 12.1. The summed E-state index contributed by atoms with van der Waals surface area (Å²) in [6.07, 6.45) is 27.3. The highest BCUT2D eigenvalue weighted by Gasteiger charge is 2.24. The maximum absolute atomic E-state index is 13.4. The van der Waals surface area contributed by atoms with Gasteiger partial charge in [0.1, 0.15) is 0 Å².